The molecule has 0 radical (unpaired) electrons. The Kier molecular flexibility index (Phi) is 5.21. The highest BCUT2D eigenvalue weighted by Gasteiger charge is 2.36. The second-order valence-electron chi connectivity index (χ2n) is 6.81. The Labute approximate surface area is 163 Å². The standard InChI is InChI=1S/C18H18F2N4O3S/c19-17(20)27-12-5-1-10(2-6-12)9-24-13(7-8-14(24)25)15(26)21-18-23-22-16(28-18)11-3-4-11/h1-2,5-6,11,13,17H,3-4,7-9H2,(H,21,23,26)/t13-/m1/s1. The molecule has 1 saturated heterocycles. The summed E-state index contributed by atoms with van der Waals surface area (Å²) in [4.78, 5) is 26.4. The van der Waals surface area contributed by atoms with E-state index in [0.717, 1.165) is 23.4 Å². The molecular formula is C18H18F2N4O3S. The summed E-state index contributed by atoms with van der Waals surface area (Å²) in [5, 5.41) is 12.2. The number of hydrogen-bond donors (Lipinski definition) is 1. The third-order valence-electron chi connectivity index (χ3n) is 4.73. The number of alkyl halides is 2. The van der Waals surface area contributed by atoms with E-state index in [1.807, 2.05) is 0 Å². The van der Waals surface area contributed by atoms with Crippen LogP contribution in [0.15, 0.2) is 24.3 Å². The highest BCUT2D eigenvalue weighted by Crippen LogP contribution is 2.42. The van der Waals surface area contributed by atoms with E-state index in [2.05, 4.69) is 20.3 Å². The minimum atomic E-state index is -2.89. The first-order valence-corrected chi connectivity index (χ1v) is 9.79. The Hall–Kier alpha value is -2.62. The number of benzene rings is 1. The van der Waals surface area contributed by atoms with E-state index in [-0.39, 0.29) is 30.5 Å². The summed E-state index contributed by atoms with van der Waals surface area (Å²) in [5.41, 5.74) is 0.724. The quantitative estimate of drug-likeness (QED) is 0.761. The van der Waals surface area contributed by atoms with Gasteiger partial charge in [0.1, 0.15) is 16.8 Å². The summed E-state index contributed by atoms with van der Waals surface area (Å²) in [7, 11) is 0. The molecule has 1 aliphatic heterocycles. The molecule has 2 amide bonds. The number of nitrogens with one attached hydrogen (secondary N) is 1. The number of carbonyl (C=O) groups excluding carboxylic acids is 2. The van der Waals surface area contributed by atoms with Crippen LogP contribution in [0, 0.1) is 0 Å². The topological polar surface area (TPSA) is 84.4 Å². The van der Waals surface area contributed by atoms with Crippen LogP contribution in [0.2, 0.25) is 0 Å². The third-order valence-corrected chi connectivity index (χ3v) is 5.73. The lowest BCUT2D eigenvalue weighted by atomic mass is 10.1. The van der Waals surface area contributed by atoms with Crippen LogP contribution in [0.4, 0.5) is 13.9 Å². The lowest BCUT2D eigenvalue weighted by molar-refractivity contribution is -0.133. The van der Waals surface area contributed by atoms with Crippen LogP contribution in [0.25, 0.3) is 0 Å². The van der Waals surface area contributed by atoms with Gasteiger partial charge in [-0.15, -0.1) is 10.2 Å². The number of nitrogens with zero attached hydrogens (tertiary/aromatic N) is 3. The average Bonchev–Trinajstić information content (AvgIpc) is 3.30. The Morgan fingerprint density at radius 1 is 1.25 bits per heavy atom. The molecule has 10 heteroatoms. The minimum absolute atomic E-state index is 0.0449. The number of likely N-dealkylation sites (tertiary alicyclic amines) is 1. The third kappa shape index (κ3) is 4.27. The van der Waals surface area contributed by atoms with Gasteiger partial charge in [0.2, 0.25) is 16.9 Å². The molecule has 1 N–H and O–H groups in total. The predicted molar refractivity (Wildman–Crippen MR) is 97.2 cm³/mol. The average molecular weight is 408 g/mol. The Bertz CT molecular complexity index is 870. The van der Waals surface area contributed by atoms with Crippen molar-refractivity contribution >= 4 is 28.3 Å². The van der Waals surface area contributed by atoms with Gasteiger partial charge in [0.05, 0.1) is 0 Å². The van der Waals surface area contributed by atoms with Gasteiger partial charge >= 0.3 is 6.61 Å². The van der Waals surface area contributed by atoms with Crippen molar-refractivity contribution in [1.82, 2.24) is 15.1 Å². The van der Waals surface area contributed by atoms with Gasteiger partial charge in [-0.2, -0.15) is 8.78 Å². The molecule has 148 valence electrons. The normalized spacial score (nSPS) is 19.3. The number of ether oxygens (including phenoxy) is 1. The van der Waals surface area contributed by atoms with Gasteiger partial charge in [0.25, 0.3) is 0 Å². The molecule has 1 aromatic heterocycles. The first-order chi connectivity index (χ1) is 13.5. The number of hydrogen-bond acceptors (Lipinski definition) is 6. The molecule has 1 atom stereocenters. The van der Waals surface area contributed by atoms with Gasteiger partial charge in [0, 0.05) is 18.9 Å². The van der Waals surface area contributed by atoms with Gasteiger partial charge < -0.3 is 9.64 Å². The zero-order valence-electron chi connectivity index (χ0n) is 14.8. The molecule has 2 heterocycles. The fraction of sp³-hybridized carbons (Fsp3) is 0.444. The van der Waals surface area contributed by atoms with Crippen LogP contribution >= 0.6 is 11.3 Å². The van der Waals surface area contributed by atoms with Crippen LogP contribution in [0.1, 0.15) is 42.2 Å². The van der Waals surface area contributed by atoms with E-state index >= 15 is 0 Å². The van der Waals surface area contributed by atoms with Crippen molar-refractivity contribution < 1.29 is 23.1 Å². The van der Waals surface area contributed by atoms with Gasteiger partial charge in [-0.05, 0) is 37.0 Å². The molecule has 0 unspecified atom stereocenters. The summed E-state index contributed by atoms with van der Waals surface area (Å²) in [5.74, 6) is 0.0965. The van der Waals surface area contributed by atoms with Crippen molar-refractivity contribution in [3.8, 4) is 5.75 Å². The fourth-order valence-electron chi connectivity index (χ4n) is 3.15. The molecule has 28 heavy (non-hydrogen) atoms. The second kappa shape index (κ2) is 7.78. The number of aromatic nitrogens is 2. The lowest BCUT2D eigenvalue weighted by Gasteiger charge is -2.23. The largest absolute Gasteiger partial charge is 0.435 e. The first-order valence-electron chi connectivity index (χ1n) is 8.97. The highest BCUT2D eigenvalue weighted by atomic mass is 32.1. The first kappa shape index (κ1) is 18.7. The van der Waals surface area contributed by atoms with Crippen molar-refractivity contribution in [3.63, 3.8) is 0 Å². The Morgan fingerprint density at radius 3 is 2.68 bits per heavy atom. The molecule has 2 fully saturated rings. The summed E-state index contributed by atoms with van der Waals surface area (Å²) < 4.78 is 28.8. The summed E-state index contributed by atoms with van der Waals surface area (Å²) >= 11 is 1.37. The van der Waals surface area contributed by atoms with Gasteiger partial charge in [0.15, 0.2) is 0 Å². The summed E-state index contributed by atoms with van der Waals surface area (Å²) in [6.07, 6.45) is 2.92. The van der Waals surface area contributed by atoms with Crippen LogP contribution < -0.4 is 10.1 Å². The molecule has 0 bridgehead atoms. The van der Waals surface area contributed by atoms with Crippen molar-refractivity contribution in [2.24, 2.45) is 0 Å². The van der Waals surface area contributed by atoms with Gasteiger partial charge in [-0.1, -0.05) is 23.5 Å². The minimum Gasteiger partial charge on any atom is -0.435 e. The Morgan fingerprint density at radius 2 is 2.00 bits per heavy atom. The van der Waals surface area contributed by atoms with Gasteiger partial charge in [-0.25, -0.2) is 0 Å². The smallest absolute Gasteiger partial charge is 0.387 e. The van der Waals surface area contributed by atoms with E-state index in [1.165, 1.54) is 28.4 Å². The van der Waals surface area contributed by atoms with Crippen molar-refractivity contribution in [2.45, 2.75) is 50.8 Å². The number of halogens is 2. The maximum absolute atomic E-state index is 12.7. The van der Waals surface area contributed by atoms with Crippen molar-refractivity contribution in [2.75, 3.05) is 5.32 Å². The molecule has 4 rings (SSSR count). The zero-order chi connectivity index (χ0) is 19.7. The van der Waals surface area contributed by atoms with Crippen LogP contribution in [0.5, 0.6) is 5.75 Å². The van der Waals surface area contributed by atoms with E-state index < -0.39 is 12.7 Å². The molecule has 7 nitrogen and oxygen atoms in total. The monoisotopic (exact) mass is 408 g/mol. The molecule has 1 aromatic carbocycles. The predicted octanol–water partition coefficient (Wildman–Crippen LogP) is 3.15. The summed E-state index contributed by atoms with van der Waals surface area (Å²) in [6, 6.07) is 5.43. The van der Waals surface area contributed by atoms with Crippen LogP contribution in [-0.4, -0.2) is 39.6 Å². The van der Waals surface area contributed by atoms with Crippen LogP contribution in [-0.2, 0) is 16.1 Å². The zero-order valence-corrected chi connectivity index (χ0v) is 15.6. The van der Waals surface area contributed by atoms with E-state index in [9.17, 15) is 18.4 Å². The lowest BCUT2D eigenvalue weighted by Crippen LogP contribution is -2.41. The summed E-state index contributed by atoms with van der Waals surface area (Å²) in [6.45, 7) is -2.67. The molecule has 1 aliphatic carbocycles. The highest BCUT2D eigenvalue weighted by molar-refractivity contribution is 7.15. The second-order valence-corrected chi connectivity index (χ2v) is 7.82. The Balaban J connectivity index is 1.40. The van der Waals surface area contributed by atoms with E-state index in [0.29, 0.717) is 17.5 Å². The number of anilines is 1. The SMILES string of the molecule is O=C(Nc1nnc(C2CC2)s1)[C@H]1CCC(=O)N1Cc1ccc(OC(F)F)cc1. The fourth-order valence-corrected chi connectivity index (χ4v) is 4.06. The van der Waals surface area contributed by atoms with E-state index in [1.54, 1.807) is 12.1 Å². The van der Waals surface area contributed by atoms with Crippen LogP contribution in [0.3, 0.4) is 0 Å². The van der Waals surface area contributed by atoms with E-state index in [4.69, 9.17) is 0 Å². The molecular weight excluding hydrogens is 390 g/mol. The maximum Gasteiger partial charge on any atom is 0.387 e. The molecule has 2 aliphatic rings. The number of carbonyl (C=O) groups is 2. The maximum atomic E-state index is 12.7. The van der Waals surface area contributed by atoms with Crippen molar-refractivity contribution in [3.05, 3.63) is 34.8 Å². The van der Waals surface area contributed by atoms with Crippen molar-refractivity contribution in [1.29, 1.82) is 0 Å². The molecule has 2 aromatic rings. The number of amides is 2. The van der Waals surface area contributed by atoms with Gasteiger partial charge in [-0.3, -0.25) is 14.9 Å². The number of rotatable bonds is 7. The molecule has 1 saturated carbocycles. The molecule has 0 spiro atoms.